The molecule has 0 saturated carbocycles. The molecule has 1 aromatic heterocycles. The molecule has 0 N–H and O–H groups in total. The molecule has 0 radical (unpaired) electrons. The summed E-state index contributed by atoms with van der Waals surface area (Å²) in [4.78, 5) is 4.27. The molecule has 0 saturated heterocycles. The second-order valence-corrected chi connectivity index (χ2v) is 3.24. The molecule has 1 aliphatic rings. The average Bonchev–Trinajstić information content (AvgIpc) is 2.20. The number of nitrogens with zero attached hydrogens (tertiary/aromatic N) is 1. The van der Waals surface area contributed by atoms with Crippen molar-refractivity contribution in [3.63, 3.8) is 0 Å². The Kier molecular flexibility index (Phi) is 2.41. The second kappa shape index (κ2) is 3.71. The summed E-state index contributed by atoms with van der Waals surface area (Å²) < 4.78 is 5.25. The first-order valence-corrected chi connectivity index (χ1v) is 4.56. The van der Waals surface area contributed by atoms with E-state index < -0.39 is 0 Å². The highest BCUT2D eigenvalue weighted by atomic mass is 16.5. The Labute approximate surface area is 78.3 Å². The predicted molar refractivity (Wildman–Crippen MR) is 52.4 cm³/mol. The summed E-state index contributed by atoms with van der Waals surface area (Å²) in [5.74, 6) is 0. The van der Waals surface area contributed by atoms with Gasteiger partial charge in [-0.1, -0.05) is 12.1 Å². The minimum Gasteiger partial charge on any atom is -0.377 e. The van der Waals surface area contributed by atoms with Gasteiger partial charge in [0.2, 0.25) is 0 Å². The monoisotopic (exact) mass is 175 g/mol. The van der Waals surface area contributed by atoms with Crippen LogP contribution in [-0.2, 0) is 4.74 Å². The fourth-order valence-corrected chi connectivity index (χ4v) is 1.45. The van der Waals surface area contributed by atoms with E-state index in [0.29, 0.717) is 0 Å². The molecular formula is C11H13NO. The molecule has 0 aliphatic carbocycles. The standard InChI is InChI=1S/C11H13NO/c1-9-2-3-11(8-12-9)10-4-6-13-7-5-10/h2-4,8H,5-7H2,1H3. The molecule has 0 atom stereocenters. The number of rotatable bonds is 1. The van der Waals surface area contributed by atoms with E-state index in [1.165, 1.54) is 11.1 Å². The summed E-state index contributed by atoms with van der Waals surface area (Å²) in [6, 6.07) is 4.17. The molecule has 0 spiro atoms. The molecule has 2 heterocycles. The van der Waals surface area contributed by atoms with Crippen LogP contribution in [-0.4, -0.2) is 18.2 Å². The summed E-state index contributed by atoms with van der Waals surface area (Å²) >= 11 is 0. The Hall–Kier alpha value is -1.15. The largest absolute Gasteiger partial charge is 0.377 e. The molecule has 0 bridgehead atoms. The normalized spacial score (nSPS) is 16.8. The SMILES string of the molecule is Cc1ccc(C2=CCOCC2)cn1. The van der Waals surface area contributed by atoms with Gasteiger partial charge >= 0.3 is 0 Å². The lowest BCUT2D eigenvalue weighted by Gasteiger charge is -2.13. The van der Waals surface area contributed by atoms with Gasteiger partial charge in [0.25, 0.3) is 0 Å². The molecule has 2 rings (SSSR count). The van der Waals surface area contributed by atoms with Gasteiger partial charge in [-0.15, -0.1) is 0 Å². The minimum atomic E-state index is 0.739. The van der Waals surface area contributed by atoms with Crippen LogP contribution in [0.15, 0.2) is 24.4 Å². The predicted octanol–water partition coefficient (Wildman–Crippen LogP) is 2.19. The van der Waals surface area contributed by atoms with Crippen LogP contribution >= 0.6 is 0 Å². The Morgan fingerprint density at radius 2 is 2.31 bits per heavy atom. The molecule has 1 aromatic rings. The smallest absolute Gasteiger partial charge is 0.0653 e. The second-order valence-electron chi connectivity index (χ2n) is 3.24. The van der Waals surface area contributed by atoms with Crippen LogP contribution < -0.4 is 0 Å². The number of hydrogen-bond acceptors (Lipinski definition) is 2. The van der Waals surface area contributed by atoms with Crippen LogP contribution in [0.25, 0.3) is 5.57 Å². The van der Waals surface area contributed by atoms with Crippen LogP contribution in [0.4, 0.5) is 0 Å². The average molecular weight is 175 g/mol. The van der Waals surface area contributed by atoms with Gasteiger partial charge in [0, 0.05) is 11.9 Å². The summed E-state index contributed by atoms with van der Waals surface area (Å²) in [7, 11) is 0. The van der Waals surface area contributed by atoms with Crippen LogP contribution in [0.2, 0.25) is 0 Å². The van der Waals surface area contributed by atoms with E-state index in [2.05, 4.69) is 17.1 Å². The van der Waals surface area contributed by atoms with E-state index in [9.17, 15) is 0 Å². The maximum absolute atomic E-state index is 5.25. The molecule has 1 aliphatic heterocycles. The van der Waals surface area contributed by atoms with Crippen LogP contribution in [0.1, 0.15) is 17.7 Å². The third-order valence-electron chi connectivity index (χ3n) is 2.25. The lowest BCUT2D eigenvalue weighted by atomic mass is 10.0. The van der Waals surface area contributed by atoms with Crippen molar-refractivity contribution < 1.29 is 4.74 Å². The first-order chi connectivity index (χ1) is 6.36. The zero-order valence-electron chi connectivity index (χ0n) is 7.79. The van der Waals surface area contributed by atoms with E-state index in [1.54, 1.807) is 0 Å². The number of pyridine rings is 1. The number of ether oxygens (including phenoxy) is 1. The van der Waals surface area contributed by atoms with E-state index in [-0.39, 0.29) is 0 Å². The Bertz CT molecular complexity index is 313. The third kappa shape index (κ3) is 1.95. The van der Waals surface area contributed by atoms with Gasteiger partial charge in [-0.3, -0.25) is 4.98 Å². The fraction of sp³-hybridized carbons (Fsp3) is 0.364. The van der Waals surface area contributed by atoms with Crippen molar-refractivity contribution in [2.75, 3.05) is 13.2 Å². The Balaban J connectivity index is 2.24. The Morgan fingerprint density at radius 1 is 1.38 bits per heavy atom. The number of aromatic nitrogens is 1. The van der Waals surface area contributed by atoms with Gasteiger partial charge in [-0.2, -0.15) is 0 Å². The highest BCUT2D eigenvalue weighted by Gasteiger charge is 2.05. The van der Waals surface area contributed by atoms with Crippen molar-refractivity contribution in [2.45, 2.75) is 13.3 Å². The van der Waals surface area contributed by atoms with Crippen molar-refractivity contribution in [2.24, 2.45) is 0 Å². The Morgan fingerprint density at radius 3 is 2.92 bits per heavy atom. The molecule has 0 aromatic carbocycles. The lowest BCUT2D eigenvalue weighted by Crippen LogP contribution is -2.03. The van der Waals surface area contributed by atoms with Gasteiger partial charge in [-0.05, 0) is 30.5 Å². The summed E-state index contributed by atoms with van der Waals surface area (Å²) in [6.45, 7) is 3.57. The van der Waals surface area contributed by atoms with Gasteiger partial charge in [-0.25, -0.2) is 0 Å². The van der Waals surface area contributed by atoms with Crippen molar-refractivity contribution in [3.05, 3.63) is 35.7 Å². The van der Waals surface area contributed by atoms with Crippen molar-refractivity contribution in [1.82, 2.24) is 4.98 Å². The number of hydrogen-bond donors (Lipinski definition) is 0. The minimum absolute atomic E-state index is 0.739. The topological polar surface area (TPSA) is 22.1 Å². The van der Waals surface area contributed by atoms with Gasteiger partial charge < -0.3 is 4.74 Å². The van der Waals surface area contributed by atoms with E-state index >= 15 is 0 Å². The van der Waals surface area contributed by atoms with Crippen LogP contribution in [0.3, 0.4) is 0 Å². The molecule has 0 amide bonds. The molecule has 2 nitrogen and oxygen atoms in total. The van der Waals surface area contributed by atoms with Crippen molar-refractivity contribution >= 4 is 5.57 Å². The summed E-state index contributed by atoms with van der Waals surface area (Å²) in [5.41, 5.74) is 3.66. The number of aryl methyl sites for hydroxylation is 1. The fourth-order valence-electron chi connectivity index (χ4n) is 1.45. The first-order valence-electron chi connectivity index (χ1n) is 4.56. The first kappa shape index (κ1) is 8.45. The highest BCUT2D eigenvalue weighted by Crippen LogP contribution is 2.20. The van der Waals surface area contributed by atoms with E-state index in [0.717, 1.165) is 25.3 Å². The maximum Gasteiger partial charge on any atom is 0.0653 e. The van der Waals surface area contributed by atoms with Crippen molar-refractivity contribution in [1.29, 1.82) is 0 Å². The maximum atomic E-state index is 5.25. The molecule has 0 fully saturated rings. The van der Waals surface area contributed by atoms with Crippen LogP contribution in [0.5, 0.6) is 0 Å². The third-order valence-corrected chi connectivity index (χ3v) is 2.25. The molecule has 0 unspecified atom stereocenters. The zero-order valence-corrected chi connectivity index (χ0v) is 7.79. The van der Waals surface area contributed by atoms with Gasteiger partial charge in [0.15, 0.2) is 0 Å². The van der Waals surface area contributed by atoms with Crippen LogP contribution in [0, 0.1) is 6.92 Å². The highest BCUT2D eigenvalue weighted by molar-refractivity contribution is 5.65. The molecular weight excluding hydrogens is 162 g/mol. The van der Waals surface area contributed by atoms with Gasteiger partial charge in [0.05, 0.1) is 13.2 Å². The van der Waals surface area contributed by atoms with E-state index in [4.69, 9.17) is 4.74 Å². The van der Waals surface area contributed by atoms with E-state index in [1.807, 2.05) is 19.2 Å². The quantitative estimate of drug-likeness (QED) is 0.652. The summed E-state index contributed by atoms with van der Waals surface area (Å²) in [6.07, 6.45) is 5.08. The molecule has 13 heavy (non-hydrogen) atoms. The lowest BCUT2D eigenvalue weighted by molar-refractivity contribution is 0.161. The summed E-state index contributed by atoms with van der Waals surface area (Å²) in [5, 5.41) is 0. The van der Waals surface area contributed by atoms with Crippen molar-refractivity contribution in [3.8, 4) is 0 Å². The van der Waals surface area contributed by atoms with Gasteiger partial charge in [0.1, 0.15) is 0 Å². The zero-order chi connectivity index (χ0) is 9.10. The molecule has 2 heteroatoms. The molecule has 68 valence electrons.